The Morgan fingerprint density at radius 1 is 1.06 bits per heavy atom. The lowest BCUT2D eigenvalue weighted by Gasteiger charge is -2.18. The summed E-state index contributed by atoms with van der Waals surface area (Å²) < 4.78 is 54.4. The summed E-state index contributed by atoms with van der Waals surface area (Å²) in [5.41, 5.74) is 0.540. The van der Waals surface area contributed by atoms with Crippen LogP contribution in [0.3, 0.4) is 0 Å². The fourth-order valence-corrected chi connectivity index (χ4v) is 4.55. The second-order valence-electron chi connectivity index (χ2n) is 6.94. The molecule has 1 aliphatic rings. The summed E-state index contributed by atoms with van der Waals surface area (Å²) in [6, 6.07) is 11.6. The average Bonchev–Trinajstić information content (AvgIpc) is 3.26. The highest BCUT2D eigenvalue weighted by Gasteiger charge is 2.30. The molecule has 0 spiro atoms. The van der Waals surface area contributed by atoms with Gasteiger partial charge in [-0.2, -0.15) is 4.98 Å². The zero-order valence-electron chi connectivity index (χ0n) is 17.8. The normalized spacial score (nSPS) is 13.1. The Hall–Kier alpha value is -3.24. The quantitative estimate of drug-likeness (QED) is 0.481. The second-order valence-corrected chi connectivity index (χ2v) is 8.80. The van der Waals surface area contributed by atoms with Crippen LogP contribution in [0.1, 0.15) is 6.42 Å². The summed E-state index contributed by atoms with van der Waals surface area (Å²) in [7, 11) is -0.898. The van der Waals surface area contributed by atoms with Crippen molar-refractivity contribution in [3.63, 3.8) is 0 Å². The van der Waals surface area contributed by atoms with Gasteiger partial charge in [-0.25, -0.2) is 8.42 Å². The Morgan fingerprint density at radius 2 is 1.84 bits per heavy atom. The van der Waals surface area contributed by atoms with E-state index in [1.165, 1.54) is 19.2 Å². The van der Waals surface area contributed by atoms with E-state index < -0.39 is 9.84 Å². The van der Waals surface area contributed by atoms with Crippen molar-refractivity contribution in [3.05, 3.63) is 42.5 Å². The van der Waals surface area contributed by atoms with Gasteiger partial charge in [0.2, 0.25) is 26.6 Å². The Labute approximate surface area is 186 Å². The number of aromatic nitrogens is 1. The first-order valence-electron chi connectivity index (χ1n) is 10.1. The molecule has 3 aromatic rings. The van der Waals surface area contributed by atoms with E-state index in [4.69, 9.17) is 23.4 Å². The molecular formula is C22H24N2O7S. The van der Waals surface area contributed by atoms with Crippen LogP contribution >= 0.6 is 0 Å². The number of methoxy groups -OCH3 is 2. The molecule has 1 aromatic heterocycles. The lowest BCUT2D eigenvalue weighted by Crippen LogP contribution is -2.16. The lowest BCUT2D eigenvalue weighted by atomic mass is 10.2. The molecule has 0 radical (unpaired) electrons. The van der Waals surface area contributed by atoms with Crippen molar-refractivity contribution in [2.45, 2.75) is 16.3 Å². The molecule has 9 nitrogen and oxygen atoms in total. The van der Waals surface area contributed by atoms with Crippen molar-refractivity contribution in [2.24, 2.45) is 0 Å². The molecule has 0 saturated carbocycles. The predicted molar refractivity (Wildman–Crippen MR) is 116 cm³/mol. The molecule has 0 unspecified atom stereocenters. The monoisotopic (exact) mass is 460 g/mol. The highest BCUT2D eigenvalue weighted by Crippen LogP contribution is 2.38. The second kappa shape index (κ2) is 9.49. The molecule has 0 amide bonds. The van der Waals surface area contributed by atoms with Gasteiger partial charge < -0.3 is 28.7 Å². The molecular weight excluding hydrogens is 436 g/mol. The number of benzene rings is 2. The number of nitrogens with zero attached hydrogens (tertiary/aromatic N) is 1. The molecule has 0 saturated heterocycles. The van der Waals surface area contributed by atoms with E-state index in [9.17, 15) is 8.42 Å². The number of ether oxygens (including phenoxy) is 4. The molecule has 0 bridgehead atoms. The third-order valence-electron chi connectivity index (χ3n) is 4.82. The maximum atomic E-state index is 13.5. The molecule has 1 aliphatic heterocycles. The molecule has 2 aromatic carbocycles. The fraction of sp³-hybridized carbons (Fsp3) is 0.318. The number of anilines is 1. The standard InChI is InChI=1S/C22H24N2O7S/c1-27-11-5-10-23-21-22(24-20(31-21)16-6-3-4-7-17(16)28-2)32(25,26)15-8-9-18-19(14-15)30-13-12-29-18/h3-4,6-9,14,23H,5,10-13H2,1-2H3. The maximum Gasteiger partial charge on any atom is 0.233 e. The van der Waals surface area contributed by atoms with E-state index in [0.717, 1.165) is 0 Å². The zero-order valence-corrected chi connectivity index (χ0v) is 18.6. The Balaban J connectivity index is 1.76. The van der Waals surface area contributed by atoms with Crippen molar-refractivity contribution >= 4 is 15.7 Å². The number of sulfone groups is 1. The Kier molecular flexibility index (Phi) is 6.52. The summed E-state index contributed by atoms with van der Waals surface area (Å²) >= 11 is 0. The van der Waals surface area contributed by atoms with Gasteiger partial charge in [-0.3, -0.25) is 0 Å². The summed E-state index contributed by atoms with van der Waals surface area (Å²) in [5.74, 6) is 1.58. The van der Waals surface area contributed by atoms with E-state index >= 15 is 0 Å². The maximum absolute atomic E-state index is 13.5. The highest BCUT2D eigenvalue weighted by molar-refractivity contribution is 7.91. The van der Waals surface area contributed by atoms with Gasteiger partial charge in [0.15, 0.2) is 11.5 Å². The minimum atomic E-state index is -4.03. The predicted octanol–water partition coefficient (Wildman–Crippen LogP) is 3.40. The van der Waals surface area contributed by atoms with E-state index in [1.807, 2.05) is 6.07 Å². The third kappa shape index (κ3) is 4.37. The van der Waals surface area contributed by atoms with Gasteiger partial charge in [0.25, 0.3) is 0 Å². The van der Waals surface area contributed by atoms with Crippen LogP contribution < -0.4 is 19.5 Å². The van der Waals surface area contributed by atoms with Crippen LogP contribution in [0.15, 0.2) is 56.8 Å². The first kappa shape index (κ1) is 22.0. The van der Waals surface area contributed by atoms with Crippen molar-refractivity contribution in [1.82, 2.24) is 4.98 Å². The van der Waals surface area contributed by atoms with Gasteiger partial charge in [-0.05, 0) is 30.7 Å². The molecule has 32 heavy (non-hydrogen) atoms. The minimum absolute atomic E-state index is 0.0292. The number of oxazole rings is 1. The minimum Gasteiger partial charge on any atom is -0.496 e. The summed E-state index contributed by atoms with van der Waals surface area (Å²) in [5, 5.41) is 2.81. The number of fused-ring (bicyclic) bond motifs is 1. The van der Waals surface area contributed by atoms with Crippen LogP contribution in [0.25, 0.3) is 11.5 Å². The summed E-state index contributed by atoms with van der Waals surface area (Å²) in [6.07, 6.45) is 0.657. The van der Waals surface area contributed by atoms with Crippen molar-refractivity contribution in [2.75, 3.05) is 45.9 Å². The van der Waals surface area contributed by atoms with Crippen molar-refractivity contribution in [3.8, 4) is 28.7 Å². The van der Waals surface area contributed by atoms with E-state index in [0.29, 0.717) is 55.6 Å². The van der Waals surface area contributed by atoms with Gasteiger partial charge in [0, 0.05) is 26.3 Å². The Bertz CT molecular complexity index is 1190. The van der Waals surface area contributed by atoms with E-state index in [1.54, 1.807) is 31.4 Å². The number of nitrogens with one attached hydrogen (secondary N) is 1. The van der Waals surface area contributed by atoms with Gasteiger partial charge >= 0.3 is 0 Å². The Morgan fingerprint density at radius 3 is 2.62 bits per heavy atom. The summed E-state index contributed by atoms with van der Waals surface area (Å²) in [6.45, 7) is 1.73. The molecule has 4 rings (SSSR count). The van der Waals surface area contributed by atoms with Crippen LogP contribution in [0, 0.1) is 0 Å². The van der Waals surface area contributed by atoms with Crippen LogP contribution in [0.2, 0.25) is 0 Å². The first-order valence-corrected chi connectivity index (χ1v) is 11.5. The van der Waals surface area contributed by atoms with Crippen LogP contribution in [-0.2, 0) is 14.6 Å². The molecule has 1 N–H and O–H groups in total. The largest absolute Gasteiger partial charge is 0.496 e. The van der Waals surface area contributed by atoms with Gasteiger partial charge in [0.05, 0.1) is 17.6 Å². The molecule has 170 valence electrons. The number of hydrogen-bond donors (Lipinski definition) is 1. The SMILES string of the molecule is COCCCNc1oc(-c2ccccc2OC)nc1S(=O)(=O)c1ccc2c(c1)OCCO2. The van der Waals surface area contributed by atoms with Crippen LogP contribution in [-0.4, -0.2) is 54.0 Å². The van der Waals surface area contributed by atoms with Gasteiger partial charge in [-0.1, -0.05) is 12.1 Å². The first-order chi connectivity index (χ1) is 15.5. The third-order valence-corrected chi connectivity index (χ3v) is 6.48. The smallest absolute Gasteiger partial charge is 0.233 e. The fourth-order valence-electron chi connectivity index (χ4n) is 3.26. The summed E-state index contributed by atoms with van der Waals surface area (Å²) in [4.78, 5) is 4.38. The van der Waals surface area contributed by atoms with Gasteiger partial charge in [-0.15, -0.1) is 0 Å². The van der Waals surface area contributed by atoms with Crippen molar-refractivity contribution in [1.29, 1.82) is 0 Å². The van der Waals surface area contributed by atoms with E-state index in [2.05, 4.69) is 10.3 Å². The molecule has 2 heterocycles. The molecule has 10 heteroatoms. The average molecular weight is 461 g/mol. The highest BCUT2D eigenvalue weighted by atomic mass is 32.2. The number of hydrogen-bond acceptors (Lipinski definition) is 9. The lowest BCUT2D eigenvalue weighted by molar-refractivity contribution is 0.171. The topological polar surface area (TPSA) is 109 Å². The molecule has 0 atom stereocenters. The number of rotatable bonds is 9. The number of para-hydroxylation sites is 1. The van der Waals surface area contributed by atoms with E-state index in [-0.39, 0.29) is 21.7 Å². The van der Waals surface area contributed by atoms with Crippen LogP contribution in [0.4, 0.5) is 5.88 Å². The molecule has 0 aliphatic carbocycles. The zero-order chi connectivity index (χ0) is 22.6. The van der Waals surface area contributed by atoms with Crippen LogP contribution in [0.5, 0.6) is 17.2 Å². The molecule has 0 fully saturated rings. The van der Waals surface area contributed by atoms with Crippen molar-refractivity contribution < 1.29 is 31.8 Å². The van der Waals surface area contributed by atoms with Gasteiger partial charge in [0.1, 0.15) is 19.0 Å².